The highest BCUT2D eigenvalue weighted by Crippen LogP contribution is 2.23. The van der Waals surface area contributed by atoms with Gasteiger partial charge in [-0.2, -0.15) is 11.3 Å². The van der Waals surface area contributed by atoms with Crippen LogP contribution in [0.4, 0.5) is 0 Å². The molecule has 22 heavy (non-hydrogen) atoms. The second-order valence-electron chi connectivity index (χ2n) is 5.48. The fraction of sp³-hybridized carbons (Fsp3) is 0.312. The molecule has 2 N–H and O–H groups in total. The number of nitrogens with two attached hydrogens (primary N) is 1. The van der Waals surface area contributed by atoms with E-state index in [1.807, 2.05) is 35.9 Å². The van der Waals surface area contributed by atoms with Gasteiger partial charge in [0.25, 0.3) is 5.91 Å². The fourth-order valence-electron chi connectivity index (χ4n) is 2.71. The van der Waals surface area contributed by atoms with Crippen molar-refractivity contribution in [2.45, 2.75) is 13.3 Å². The Kier molecular flexibility index (Phi) is 3.94. The van der Waals surface area contributed by atoms with Gasteiger partial charge in [-0.1, -0.05) is 0 Å². The Morgan fingerprint density at radius 1 is 1.36 bits per heavy atom. The van der Waals surface area contributed by atoms with Crippen molar-refractivity contribution >= 4 is 23.2 Å². The van der Waals surface area contributed by atoms with Gasteiger partial charge in [0, 0.05) is 24.0 Å². The quantitative estimate of drug-likeness (QED) is 0.942. The summed E-state index contributed by atoms with van der Waals surface area (Å²) in [6, 6.07) is 5.69. The van der Waals surface area contributed by atoms with Crippen LogP contribution in [0.1, 0.15) is 22.5 Å². The van der Waals surface area contributed by atoms with E-state index < -0.39 is 0 Å². The minimum atomic E-state index is -0.335. The molecule has 3 rings (SSSR count). The van der Waals surface area contributed by atoms with Crippen LogP contribution < -0.4 is 5.73 Å². The Bertz CT molecular complexity index is 712. The van der Waals surface area contributed by atoms with E-state index in [1.54, 1.807) is 16.2 Å². The number of hydrogen-bond donors (Lipinski definition) is 1. The van der Waals surface area contributed by atoms with Crippen LogP contribution in [0.25, 0.3) is 11.3 Å². The summed E-state index contributed by atoms with van der Waals surface area (Å²) in [4.78, 5) is 30.0. The lowest BCUT2D eigenvalue weighted by Gasteiger charge is -2.17. The van der Waals surface area contributed by atoms with E-state index in [-0.39, 0.29) is 17.7 Å². The zero-order valence-corrected chi connectivity index (χ0v) is 13.1. The minimum Gasteiger partial charge on any atom is -0.369 e. The molecule has 6 heteroatoms. The van der Waals surface area contributed by atoms with Crippen molar-refractivity contribution < 1.29 is 9.59 Å². The number of nitrogens with zero attached hydrogens (tertiary/aromatic N) is 2. The number of hydrogen-bond acceptors (Lipinski definition) is 4. The first-order chi connectivity index (χ1) is 10.6. The van der Waals surface area contributed by atoms with E-state index in [0.29, 0.717) is 30.8 Å². The Hall–Kier alpha value is -2.21. The van der Waals surface area contributed by atoms with Gasteiger partial charge in [0.2, 0.25) is 5.91 Å². The van der Waals surface area contributed by atoms with Crippen molar-refractivity contribution in [1.82, 2.24) is 9.88 Å². The van der Waals surface area contributed by atoms with Crippen molar-refractivity contribution in [3.63, 3.8) is 0 Å². The van der Waals surface area contributed by atoms with E-state index in [4.69, 9.17) is 5.73 Å². The molecule has 114 valence electrons. The summed E-state index contributed by atoms with van der Waals surface area (Å²) in [6.45, 7) is 2.81. The molecule has 0 saturated carbocycles. The zero-order chi connectivity index (χ0) is 15.7. The summed E-state index contributed by atoms with van der Waals surface area (Å²) in [6.07, 6.45) is 0.639. The average molecular weight is 315 g/mol. The van der Waals surface area contributed by atoms with E-state index in [0.717, 1.165) is 11.3 Å². The summed E-state index contributed by atoms with van der Waals surface area (Å²) < 4.78 is 0. The number of pyridine rings is 1. The predicted octanol–water partition coefficient (Wildman–Crippen LogP) is 2.07. The molecule has 1 saturated heterocycles. The standard InChI is InChI=1S/C16H17N3O2S/c1-10-13(2-3-14(18-10)12-5-7-22-9-12)16(21)19-6-4-11(8-19)15(17)20/h2-3,5,7,9,11H,4,6,8H2,1H3,(H2,17,20). The predicted molar refractivity (Wildman–Crippen MR) is 85.5 cm³/mol. The first-order valence-corrected chi connectivity index (χ1v) is 8.09. The molecule has 1 aliphatic rings. The van der Waals surface area contributed by atoms with Gasteiger partial charge in [0.05, 0.1) is 22.9 Å². The van der Waals surface area contributed by atoms with Crippen molar-refractivity contribution in [3.8, 4) is 11.3 Å². The molecular formula is C16H17N3O2S. The molecule has 0 radical (unpaired) electrons. The van der Waals surface area contributed by atoms with Crippen molar-refractivity contribution in [3.05, 3.63) is 40.2 Å². The summed E-state index contributed by atoms with van der Waals surface area (Å²) in [5, 5.41) is 4.03. The van der Waals surface area contributed by atoms with Crippen LogP contribution in [-0.4, -0.2) is 34.8 Å². The molecule has 0 aliphatic carbocycles. The van der Waals surface area contributed by atoms with Gasteiger partial charge in [0.15, 0.2) is 0 Å². The molecule has 1 atom stereocenters. The monoisotopic (exact) mass is 315 g/mol. The lowest BCUT2D eigenvalue weighted by atomic mass is 10.1. The Balaban J connectivity index is 1.80. The molecular weight excluding hydrogens is 298 g/mol. The fourth-order valence-corrected chi connectivity index (χ4v) is 3.36. The lowest BCUT2D eigenvalue weighted by molar-refractivity contribution is -0.121. The summed E-state index contributed by atoms with van der Waals surface area (Å²) in [7, 11) is 0. The van der Waals surface area contributed by atoms with E-state index in [9.17, 15) is 9.59 Å². The van der Waals surface area contributed by atoms with Crippen molar-refractivity contribution in [2.24, 2.45) is 11.7 Å². The number of carbonyl (C=O) groups excluding carboxylic acids is 2. The average Bonchev–Trinajstić information content (AvgIpc) is 3.18. The van der Waals surface area contributed by atoms with E-state index >= 15 is 0 Å². The molecule has 0 bridgehead atoms. The Labute approximate surface area is 132 Å². The normalized spacial score (nSPS) is 17.7. The van der Waals surface area contributed by atoms with Crippen LogP contribution in [0, 0.1) is 12.8 Å². The summed E-state index contributed by atoms with van der Waals surface area (Å²) in [5.74, 6) is -0.647. The third-order valence-electron chi connectivity index (χ3n) is 4.01. The van der Waals surface area contributed by atoms with Crippen molar-refractivity contribution in [2.75, 3.05) is 13.1 Å². The third-order valence-corrected chi connectivity index (χ3v) is 4.69. The minimum absolute atomic E-state index is 0.0781. The highest BCUT2D eigenvalue weighted by atomic mass is 32.1. The maximum Gasteiger partial charge on any atom is 0.255 e. The van der Waals surface area contributed by atoms with Gasteiger partial charge >= 0.3 is 0 Å². The van der Waals surface area contributed by atoms with Gasteiger partial charge in [-0.15, -0.1) is 0 Å². The number of rotatable bonds is 3. The van der Waals surface area contributed by atoms with Gasteiger partial charge < -0.3 is 10.6 Å². The molecule has 2 aromatic heterocycles. The highest BCUT2D eigenvalue weighted by molar-refractivity contribution is 7.08. The number of primary amides is 1. The van der Waals surface area contributed by atoms with Gasteiger partial charge in [0.1, 0.15) is 0 Å². The van der Waals surface area contributed by atoms with E-state index in [1.165, 1.54) is 0 Å². The number of amides is 2. The van der Waals surface area contributed by atoms with Gasteiger partial charge in [-0.25, -0.2) is 0 Å². The number of carbonyl (C=O) groups is 2. The number of aromatic nitrogens is 1. The van der Waals surface area contributed by atoms with Gasteiger partial charge in [-0.3, -0.25) is 14.6 Å². The molecule has 1 unspecified atom stereocenters. The molecule has 0 spiro atoms. The van der Waals surface area contributed by atoms with Crippen LogP contribution >= 0.6 is 11.3 Å². The summed E-state index contributed by atoms with van der Waals surface area (Å²) >= 11 is 1.62. The van der Waals surface area contributed by atoms with Crippen LogP contribution in [-0.2, 0) is 4.79 Å². The largest absolute Gasteiger partial charge is 0.369 e. The number of thiophene rings is 1. The first kappa shape index (κ1) is 14.7. The number of aryl methyl sites for hydroxylation is 1. The maximum absolute atomic E-state index is 12.6. The molecule has 1 aliphatic heterocycles. The van der Waals surface area contributed by atoms with Crippen LogP contribution in [0.2, 0.25) is 0 Å². The molecule has 1 fully saturated rings. The molecule has 2 amide bonds. The topological polar surface area (TPSA) is 76.3 Å². The second-order valence-corrected chi connectivity index (χ2v) is 6.26. The molecule has 5 nitrogen and oxygen atoms in total. The second kappa shape index (κ2) is 5.88. The third kappa shape index (κ3) is 2.74. The maximum atomic E-state index is 12.6. The smallest absolute Gasteiger partial charge is 0.255 e. The van der Waals surface area contributed by atoms with Crippen LogP contribution in [0.3, 0.4) is 0 Å². The van der Waals surface area contributed by atoms with Crippen LogP contribution in [0.15, 0.2) is 29.0 Å². The molecule has 0 aromatic carbocycles. The van der Waals surface area contributed by atoms with E-state index in [2.05, 4.69) is 4.98 Å². The SMILES string of the molecule is Cc1nc(-c2ccsc2)ccc1C(=O)N1CCC(C(N)=O)C1. The number of likely N-dealkylation sites (tertiary alicyclic amines) is 1. The molecule has 2 aromatic rings. The molecule has 3 heterocycles. The van der Waals surface area contributed by atoms with Crippen LogP contribution in [0.5, 0.6) is 0 Å². The Morgan fingerprint density at radius 3 is 2.77 bits per heavy atom. The van der Waals surface area contributed by atoms with Crippen molar-refractivity contribution in [1.29, 1.82) is 0 Å². The highest BCUT2D eigenvalue weighted by Gasteiger charge is 2.30. The zero-order valence-electron chi connectivity index (χ0n) is 12.3. The summed E-state index contributed by atoms with van der Waals surface area (Å²) in [5.41, 5.74) is 8.53. The Morgan fingerprint density at radius 2 is 2.18 bits per heavy atom. The first-order valence-electron chi connectivity index (χ1n) is 7.15. The lowest BCUT2D eigenvalue weighted by Crippen LogP contribution is -2.32. The van der Waals surface area contributed by atoms with Gasteiger partial charge in [-0.05, 0) is 36.9 Å².